The van der Waals surface area contributed by atoms with Crippen molar-refractivity contribution < 1.29 is 9.59 Å². The molecule has 0 saturated carbocycles. The minimum Gasteiger partial charge on any atom is -0.345 e. The van der Waals surface area contributed by atoms with Gasteiger partial charge in [0.1, 0.15) is 5.15 Å². The van der Waals surface area contributed by atoms with Crippen LogP contribution in [0.3, 0.4) is 0 Å². The van der Waals surface area contributed by atoms with Crippen LogP contribution in [0.4, 0.5) is 0 Å². The molecule has 0 aliphatic rings. The molecule has 0 radical (unpaired) electrons. The van der Waals surface area contributed by atoms with Crippen molar-refractivity contribution in [2.75, 3.05) is 14.1 Å². The molecule has 1 aromatic heterocycles. The van der Waals surface area contributed by atoms with E-state index >= 15 is 0 Å². The number of carbonyl (C=O) groups is 2. The summed E-state index contributed by atoms with van der Waals surface area (Å²) in [5.41, 5.74) is 0.512. The van der Waals surface area contributed by atoms with Crippen molar-refractivity contribution in [3.8, 4) is 0 Å². The molecule has 74 valence electrons. The van der Waals surface area contributed by atoms with Crippen molar-refractivity contribution in [2.45, 2.75) is 0 Å². The average molecular weight is 213 g/mol. The van der Waals surface area contributed by atoms with Gasteiger partial charge in [-0.3, -0.25) is 9.59 Å². The number of hydrogen-bond acceptors (Lipinski definition) is 3. The normalized spacial score (nSPS) is 9.64. The van der Waals surface area contributed by atoms with E-state index in [1.165, 1.54) is 17.2 Å². The van der Waals surface area contributed by atoms with Crippen LogP contribution in [0.2, 0.25) is 5.15 Å². The Balaban J connectivity index is 3.20. The number of amides is 1. The Bertz CT molecular complexity index is 377. The van der Waals surface area contributed by atoms with Crippen molar-refractivity contribution in [1.82, 2.24) is 9.88 Å². The maximum atomic E-state index is 11.5. The summed E-state index contributed by atoms with van der Waals surface area (Å²) < 4.78 is 0. The molecular weight excluding hydrogens is 204 g/mol. The lowest BCUT2D eigenvalue weighted by Crippen LogP contribution is -2.23. The molecule has 1 heterocycles. The minimum atomic E-state index is -0.267. The van der Waals surface area contributed by atoms with Gasteiger partial charge in [-0.15, -0.1) is 0 Å². The van der Waals surface area contributed by atoms with E-state index in [0.717, 1.165) is 0 Å². The fourth-order valence-corrected chi connectivity index (χ4v) is 1.13. The summed E-state index contributed by atoms with van der Waals surface area (Å²) in [5, 5.41) is 0.197. The van der Waals surface area contributed by atoms with E-state index in [1.54, 1.807) is 14.1 Å². The second-order valence-electron chi connectivity index (χ2n) is 2.91. The molecule has 0 spiro atoms. The number of aldehydes is 1. The van der Waals surface area contributed by atoms with Crippen molar-refractivity contribution in [3.63, 3.8) is 0 Å². The smallest absolute Gasteiger partial charge is 0.255 e. The Kier molecular flexibility index (Phi) is 3.19. The molecule has 0 aromatic carbocycles. The monoisotopic (exact) mass is 212 g/mol. The summed E-state index contributed by atoms with van der Waals surface area (Å²) >= 11 is 5.58. The van der Waals surface area contributed by atoms with E-state index in [1.807, 2.05) is 0 Å². The van der Waals surface area contributed by atoms with Gasteiger partial charge in [-0.2, -0.15) is 0 Å². The van der Waals surface area contributed by atoms with E-state index in [2.05, 4.69) is 4.98 Å². The molecule has 0 bridgehead atoms. The Hall–Kier alpha value is -1.42. The highest BCUT2D eigenvalue weighted by atomic mass is 35.5. The quantitative estimate of drug-likeness (QED) is 0.548. The fourth-order valence-electron chi connectivity index (χ4n) is 0.961. The zero-order valence-electron chi connectivity index (χ0n) is 7.82. The van der Waals surface area contributed by atoms with Crippen LogP contribution in [0.15, 0.2) is 12.3 Å². The van der Waals surface area contributed by atoms with Crippen LogP contribution in [0.25, 0.3) is 0 Å². The van der Waals surface area contributed by atoms with Crippen LogP contribution in [-0.4, -0.2) is 36.2 Å². The molecule has 1 amide bonds. The second-order valence-corrected chi connectivity index (χ2v) is 3.30. The molecule has 1 aromatic rings. The third-order valence-electron chi connectivity index (χ3n) is 1.67. The molecule has 0 N–H and O–H groups in total. The molecule has 0 aliphatic carbocycles. The first kappa shape index (κ1) is 10.7. The van der Waals surface area contributed by atoms with Crippen LogP contribution < -0.4 is 0 Å². The fraction of sp³-hybridized carbons (Fsp3) is 0.222. The zero-order chi connectivity index (χ0) is 10.7. The van der Waals surface area contributed by atoms with Crippen molar-refractivity contribution in [2.24, 2.45) is 0 Å². The van der Waals surface area contributed by atoms with Crippen LogP contribution in [-0.2, 0) is 0 Å². The van der Waals surface area contributed by atoms with E-state index in [9.17, 15) is 9.59 Å². The van der Waals surface area contributed by atoms with E-state index in [0.29, 0.717) is 6.29 Å². The summed E-state index contributed by atoms with van der Waals surface area (Å²) in [4.78, 5) is 27.3. The highest BCUT2D eigenvalue weighted by molar-refractivity contribution is 6.29. The Morgan fingerprint density at radius 3 is 2.71 bits per heavy atom. The van der Waals surface area contributed by atoms with Gasteiger partial charge in [0.2, 0.25) is 0 Å². The Morgan fingerprint density at radius 2 is 2.21 bits per heavy atom. The lowest BCUT2D eigenvalue weighted by atomic mass is 10.1. The molecule has 0 saturated heterocycles. The minimum absolute atomic E-state index is 0.197. The topological polar surface area (TPSA) is 50.3 Å². The predicted octanol–water partition coefficient (Wildman–Crippen LogP) is 1.25. The van der Waals surface area contributed by atoms with Gasteiger partial charge < -0.3 is 4.90 Å². The maximum absolute atomic E-state index is 11.5. The maximum Gasteiger partial charge on any atom is 0.255 e. The number of hydrogen-bond donors (Lipinski definition) is 0. The summed E-state index contributed by atoms with van der Waals surface area (Å²) in [6.07, 6.45) is 1.89. The van der Waals surface area contributed by atoms with Crippen molar-refractivity contribution in [3.05, 3.63) is 28.5 Å². The van der Waals surface area contributed by atoms with Gasteiger partial charge in [0.25, 0.3) is 5.91 Å². The summed E-state index contributed by atoms with van der Waals surface area (Å²) in [6.45, 7) is 0. The van der Waals surface area contributed by atoms with E-state index in [4.69, 9.17) is 11.6 Å². The molecular formula is C9H9ClN2O2. The molecule has 1 rings (SSSR count). The molecule has 0 aliphatic heterocycles. The highest BCUT2D eigenvalue weighted by Crippen LogP contribution is 2.12. The summed E-state index contributed by atoms with van der Waals surface area (Å²) in [6, 6.07) is 1.37. The molecule has 0 unspecified atom stereocenters. The SMILES string of the molecule is CN(C)C(=O)c1cnc(Cl)cc1C=O. The third-order valence-corrected chi connectivity index (χ3v) is 1.87. The zero-order valence-corrected chi connectivity index (χ0v) is 8.58. The molecule has 0 atom stereocenters. The number of aromatic nitrogens is 1. The molecule has 5 heteroatoms. The lowest BCUT2D eigenvalue weighted by Gasteiger charge is -2.11. The van der Waals surface area contributed by atoms with Crippen molar-refractivity contribution in [1.29, 1.82) is 0 Å². The lowest BCUT2D eigenvalue weighted by molar-refractivity contribution is 0.0823. The highest BCUT2D eigenvalue weighted by Gasteiger charge is 2.13. The Morgan fingerprint density at radius 1 is 1.57 bits per heavy atom. The number of nitrogens with zero attached hydrogens (tertiary/aromatic N) is 2. The predicted molar refractivity (Wildman–Crippen MR) is 52.7 cm³/mol. The first-order valence-electron chi connectivity index (χ1n) is 3.88. The van der Waals surface area contributed by atoms with Gasteiger partial charge >= 0.3 is 0 Å². The van der Waals surface area contributed by atoms with Gasteiger partial charge in [0.15, 0.2) is 6.29 Å². The summed E-state index contributed by atoms with van der Waals surface area (Å²) in [7, 11) is 3.21. The van der Waals surface area contributed by atoms with Crippen LogP contribution >= 0.6 is 11.6 Å². The molecule has 0 fully saturated rings. The second kappa shape index (κ2) is 4.19. The number of pyridine rings is 1. The van der Waals surface area contributed by atoms with Gasteiger partial charge in [-0.1, -0.05) is 11.6 Å². The first-order chi connectivity index (χ1) is 6.56. The Labute approximate surface area is 86.5 Å². The van der Waals surface area contributed by atoms with Gasteiger partial charge in [0, 0.05) is 25.9 Å². The molecule has 14 heavy (non-hydrogen) atoms. The first-order valence-corrected chi connectivity index (χ1v) is 4.26. The standard InChI is InChI=1S/C9H9ClN2O2/c1-12(2)9(14)7-4-11-8(10)3-6(7)5-13/h3-5H,1-2H3. The van der Waals surface area contributed by atoms with Gasteiger partial charge in [0.05, 0.1) is 5.56 Å². The van der Waals surface area contributed by atoms with Crippen molar-refractivity contribution >= 4 is 23.8 Å². The van der Waals surface area contributed by atoms with Crippen LogP contribution in [0.1, 0.15) is 20.7 Å². The largest absolute Gasteiger partial charge is 0.345 e. The average Bonchev–Trinajstić information content (AvgIpc) is 2.16. The van der Waals surface area contributed by atoms with Gasteiger partial charge in [-0.05, 0) is 6.07 Å². The number of carbonyl (C=O) groups excluding carboxylic acids is 2. The van der Waals surface area contributed by atoms with Crippen LogP contribution in [0, 0.1) is 0 Å². The molecule has 4 nitrogen and oxygen atoms in total. The van der Waals surface area contributed by atoms with Crippen LogP contribution in [0.5, 0.6) is 0 Å². The number of rotatable bonds is 2. The van der Waals surface area contributed by atoms with E-state index < -0.39 is 0 Å². The van der Waals surface area contributed by atoms with Gasteiger partial charge in [-0.25, -0.2) is 4.98 Å². The summed E-state index contributed by atoms with van der Waals surface area (Å²) in [5.74, 6) is -0.267. The number of halogens is 1. The van der Waals surface area contributed by atoms with E-state index in [-0.39, 0.29) is 22.2 Å². The third kappa shape index (κ3) is 2.09.